The number of hydrazine groups is 1. The average Bonchev–Trinajstić information content (AvgIpc) is 3.27. The van der Waals surface area contributed by atoms with Crippen LogP contribution in [0.2, 0.25) is 0 Å². The quantitative estimate of drug-likeness (QED) is 0.734. The molecular weight excluding hydrogens is 390 g/mol. The summed E-state index contributed by atoms with van der Waals surface area (Å²) in [5.41, 5.74) is 6.38. The van der Waals surface area contributed by atoms with Crippen LogP contribution >= 0.6 is 0 Å². The van der Waals surface area contributed by atoms with E-state index in [0.717, 1.165) is 18.4 Å². The van der Waals surface area contributed by atoms with Crippen LogP contribution in [0.3, 0.4) is 0 Å². The standard InChI is InChI=1S/C21H25N3O4S/c1-15(2)16-8-10-17(11-9-16)20(25)22-23-21(26)18-6-5-7-19(14-18)29(27,28)24-12-3-4-13-24/h5-11,14-15H,3-4,12-13H2,1-2H3,(H,22,25)(H,23,26). The van der Waals surface area contributed by atoms with E-state index in [-0.39, 0.29) is 10.5 Å². The smallest absolute Gasteiger partial charge is 0.267 e. The maximum atomic E-state index is 12.7. The number of carbonyl (C=O) groups excluding carboxylic acids is 2. The van der Waals surface area contributed by atoms with Gasteiger partial charge in [-0.2, -0.15) is 4.31 Å². The van der Waals surface area contributed by atoms with E-state index in [0.29, 0.717) is 24.6 Å². The van der Waals surface area contributed by atoms with Crippen molar-refractivity contribution in [3.8, 4) is 0 Å². The van der Waals surface area contributed by atoms with Crippen molar-refractivity contribution < 1.29 is 18.0 Å². The Morgan fingerprint density at radius 1 is 0.897 bits per heavy atom. The van der Waals surface area contributed by atoms with Crippen LogP contribution in [0, 0.1) is 0 Å². The van der Waals surface area contributed by atoms with Gasteiger partial charge in [0, 0.05) is 24.2 Å². The molecule has 0 radical (unpaired) electrons. The van der Waals surface area contributed by atoms with Crippen molar-refractivity contribution in [1.29, 1.82) is 0 Å². The number of amides is 2. The molecule has 0 saturated carbocycles. The van der Waals surface area contributed by atoms with E-state index in [1.165, 1.54) is 28.6 Å². The van der Waals surface area contributed by atoms with Gasteiger partial charge in [-0.25, -0.2) is 8.42 Å². The van der Waals surface area contributed by atoms with Crippen molar-refractivity contribution in [3.05, 3.63) is 65.2 Å². The summed E-state index contributed by atoms with van der Waals surface area (Å²) in [4.78, 5) is 24.7. The monoisotopic (exact) mass is 415 g/mol. The summed E-state index contributed by atoms with van der Waals surface area (Å²) in [5.74, 6) is -0.680. The van der Waals surface area contributed by atoms with Crippen LogP contribution in [0.15, 0.2) is 53.4 Å². The van der Waals surface area contributed by atoms with Crippen LogP contribution < -0.4 is 10.9 Å². The lowest BCUT2D eigenvalue weighted by atomic mass is 10.0. The van der Waals surface area contributed by atoms with Crippen LogP contribution in [-0.2, 0) is 10.0 Å². The Hall–Kier alpha value is -2.71. The molecule has 154 valence electrons. The fourth-order valence-corrected chi connectivity index (χ4v) is 4.72. The first kappa shape index (κ1) is 21.0. The molecule has 2 aromatic rings. The fourth-order valence-electron chi connectivity index (χ4n) is 3.15. The molecule has 1 fully saturated rings. The third kappa shape index (κ3) is 4.83. The normalized spacial score (nSPS) is 14.7. The SMILES string of the molecule is CC(C)c1ccc(C(=O)NNC(=O)c2cccc(S(=O)(=O)N3CCCC3)c2)cc1. The van der Waals surface area contributed by atoms with Gasteiger partial charge >= 0.3 is 0 Å². The number of hydrogen-bond donors (Lipinski definition) is 2. The van der Waals surface area contributed by atoms with Gasteiger partial charge in [-0.15, -0.1) is 0 Å². The molecule has 29 heavy (non-hydrogen) atoms. The number of benzene rings is 2. The first-order valence-corrected chi connectivity index (χ1v) is 11.0. The second-order valence-corrected chi connectivity index (χ2v) is 9.26. The van der Waals surface area contributed by atoms with Crippen LogP contribution in [-0.4, -0.2) is 37.6 Å². The summed E-state index contributed by atoms with van der Waals surface area (Å²) in [7, 11) is -3.61. The predicted molar refractivity (Wildman–Crippen MR) is 110 cm³/mol. The molecule has 0 bridgehead atoms. The Labute approximate surface area is 171 Å². The Kier molecular flexibility index (Phi) is 6.34. The number of sulfonamides is 1. The summed E-state index contributed by atoms with van der Waals surface area (Å²) in [6, 6.07) is 12.9. The van der Waals surface area contributed by atoms with Crippen LogP contribution in [0.1, 0.15) is 58.9 Å². The van der Waals surface area contributed by atoms with E-state index in [4.69, 9.17) is 0 Å². The molecule has 2 aromatic carbocycles. The van der Waals surface area contributed by atoms with Gasteiger partial charge in [0.1, 0.15) is 0 Å². The molecule has 2 amide bonds. The zero-order chi connectivity index (χ0) is 21.0. The van der Waals surface area contributed by atoms with Gasteiger partial charge < -0.3 is 0 Å². The van der Waals surface area contributed by atoms with E-state index in [1.54, 1.807) is 12.1 Å². The van der Waals surface area contributed by atoms with Gasteiger partial charge in [-0.3, -0.25) is 20.4 Å². The van der Waals surface area contributed by atoms with Crippen molar-refractivity contribution in [2.45, 2.75) is 37.5 Å². The van der Waals surface area contributed by atoms with Crippen LogP contribution in [0.4, 0.5) is 0 Å². The molecule has 7 nitrogen and oxygen atoms in total. The van der Waals surface area contributed by atoms with E-state index < -0.39 is 21.8 Å². The lowest BCUT2D eigenvalue weighted by Gasteiger charge is -2.16. The Balaban J connectivity index is 1.65. The summed E-state index contributed by atoms with van der Waals surface area (Å²) in [5, 5.41) is 0. The van der Waals surface area contributed by atoms with E-state index in [2.05, 4.69) is 24.7 Å². The van der Waals surface area contributed by atoms with Crippen molar-refractivity contribution in [2.75, 3.05) is 13.1 Å². The third-order valence-electron chi connectivity index (χ3n) is 4.93. The highest BCUT2D eigenvalue weighted by molar-refractivity contribution is 7.89. The maximum absolute atomic E-state index is 12.7. The van der Waals surface area contributed by atoms with E-state index in [9.17, 15) is 18.0 Å². The molecule has 0 spiro atoms. The van der Waals surface area contributed by atoms with Crippen LogP contribution in [0.25, 0.3) is 0 Å². The zero-order valence-corrected chi connectivity index (χ0v) is 17.3. The molecule has 1 heterocycles. The maximum Gasteiger partial charge on any atom is 0.269 e. The summed E-state index contributed by atoms with van der Waals surface area (Å²) < 4.78 is 26.7. The average molecular weight is 416 g/mol. The summed E-state index contributed by atoms with van der Waals surface area (Å²) >= 11 is 0. The third-order valence-corrected chi connectivity index (χ3v) is 6.82. The lowest BCUT2D eigenvalue weighted by Crippen LogP contribution is -2.41. The largest absolute Gasteiger partial charge is 0.269 e. The predicted octanol–water partition coefficient (Wildman–Crippen LogP) is 2.67. The highest BCUT2D eigenvalue weighted by atomic mass is 32.2. The van der Waals surface area contributed by atoms with Crippen molar-refractivity contribution in [1.82, 2.24) is 15.2 Å². The Morgan fingerprint density at radius 2 is 1.48 bits per heavy atom. The van der Waals surface area contributed by atoms with Gasteiger partial charge in [-0.05, 0) is 54.7 Å². The highest BCUT2D eigenvalue weighted by Crippen LogP contribution is 2.21. The molecule has 2 N–H and O–H groups in total. The minimum Gasteiger partial charge on any atom is -0.267 e. The topological polar surface area (TPSA) is 95.6 Å². The first-order chi connectivity index (χ1) is 13.8. The Morgan fingerprint density at radius 3 is 2.07 bits per heavy atom. The van der Waals surface area contributed by atoms with Crippen molar-refractivity contribution in [3.63, 3.8) is 0 Å². The molecule has 0 aliphatic carbocycles. The minimum atomic E-state index is -3.61. The molecule has 0 atom stereocenters. The second kappa shape index (κ2) is 8.75. The van der Waals surface area contributed by atoms with E-state index in [1.807, 2.05) is 12.1 Å². The molecule has 3 rings (SSSR count). The van der Waals surface area contributed by atoms with Gasteiger partial charge in [0.2, 0.25) is 10.0 Å². The first-order valence-electron chi connectivity index (χ1n) is 9.60. The molecule has 8 heteroatoms. The Bertz CT molecular complexity index is 995. The van der Waals surface area contributed by atoms with Crippen LogP contribution in [0.5, 0.6) is 0 Å². The number of nitrogens with zero attached hydrogens (tertiary/aromatic N) is 1. The van der Waals surface area contributed by atoms with Gasteiger partial charge in [-0.1, -0.05) is 32.0 Å². The fraction of sp³-hybridized carbons (Fsp3) is 0.333. The van der Waals surface area contributed by atoms with Crippen molar-refractivity contribution >= 4 is 21.8 Å². The number of nitrogens with one attached hydrogen (secondary N) is 2. The zero-order valence-electron chi connectivity index (χ0n) is 16.5. The van der Waals surface area contributed by atoms with Crippen molar-refractivity contribution in [2.24, 2.45) is 0 Å². The number of carbonyl (C=O) groups is 2. The lowest BCUT2D eigenvalue weighted by molar-refractivity contribution is 0.0846. The molecule has 1 saturated heterocycles. The molecule has 1 aliphatic rings. The highest BCUT2D eigenvalue weighted by Gasteiger charge is 2.27. The van der Waals surface area contributed by atoms with Gasteiger partial charge in [0.05, 0.1) is 4.90 Å². The van der Waals surface area contributed by atoms with E-state index >= 15 is 0 Å². The summed E-state index contributed by atoms with van der Waals surface area (Å²) in [6.45, 7) is 5.11. The molecule has 1 aliphatic heterocycles. The van der Waals surface area contributed by atoms with Gasteiger partial charge in [0.15, 0.2) is 0 Å². The molecule has 0 unspecified atom stereocenters. The summed E-state index contributed by atoms with van der Waals surface area (Å²) in [6.07, 6.45) is 1.67. The second-order valence-electron chi connectivity index (χ2n) is 7.32. The minimum absolute atomic E-state index is 0.0719. The molecule has 0 aromatic heterocycles. The van der Waals surface area contributed by atoms with Gasteiger partial charge in [0.25, 0.3) is 11.8 Å². The number of hydrogen-bond acceptors (Lipinski definition) is 4. The number of rotatable bonds is 5. The molecular formula is C21H25N3O4S.